The van der Waals surface area contributed by atoms with E-state index in [1.54, 1.807) is 25.3 Å². The van der Waals surface area contributed by atoms with Crippen LogP contribution in [-0.4, -0.2) is 19.1 Å². The fourth-order valence-electron chi connectivity index (χ4n) is 2.90. The Kier molecular flexibility index (Phi) is 5.08. The Morgan fingerprint density at radius 2 is 1.88 bits per heavy atom. The van der Waals surface area contributed by atoms with Crippen molar-refractivity contribution < 1.29 is 13.5 Å². The summed E-state index contributed by atoms with van der Waals surface area (Å²) in [6.45, 7) is 0. The topological polar surface area (TPSA) is 59.6 Å². The molecule has 4 nitrogen and oxygen atoms in total. The zero-order valence-electron chi connectivity index (χ0n) is 13.6. The van der Waals surface area contributed by atoms with Crippen LogP contribution in [0.2, 0.25) is 5.02 Å². The van der Waals surface area contributed by atoms with Gasteiger partial charge in [-0.3, -0.25) is 0 Å². The van der Waals surface area contributed by atoms with Crippen molar-refractivity contribution in [3.63, 3.8) is 0 Å². The quantitative estimate of drug-likeness (QED) is 0.627. The minimum atomic E-state index is -0.556. The lowest BCUT2D eigenvalue weighted by molar-refractivity contribution is 0.351. The van der Waals surface area contributed by atoms with E-state index in [0.29, 0.717) is 34.9 Å². The molecule has 2 aromatic rings. The minimum absolute atomic E-state index is 0.0255. The standard InChI is InChI=1S/C18H18ClF2N3O/c1-25-17-3-2-14(9-16(17)19)23-18(22)24-15-6-11(7-15)10-4-12(20)8-13(21)5-10/h2-5,8-9,11,15H,6-7H2,1H3,(H3,22,23,24). The van der Waals surface area contributed by atoms with Crippen molar-refractivity contribution in [2.45, 2.75) is 24.8 Å². The minimum Gasteiger partial charge on any atom is -0.495 e. The molecule has 1 aliphatic rings. The normalized spacial score (nSPS) is 20.1. The second kappa shape index (κ2) is 7.27. The van der Waals surface area contributed by atoms with E-state index in [-0.39, 0.29) is 17.9 Å². The molecule has 1 fully saturated rings. The molecule has 0 atom stereocenters. The van der Waals surface area contributed by atoms with Crippen LogP contribution >= 0.6 is 11.6 Å². The number of aliphatic imine (C=N–C) groups is 1. The highest BCUT2D eigenvalue weighted by molar-refractivity contribution is 6.32. The molecule has 0 amide bonds. The highest BCUT2D eigenvalue weighted by Gasteiger charge is 2.30. The van der Waals surface area contributed by atoms with Gasteiger partial charge in [-0.05, 0) is 54.7 Å². The highest BCUT2D eigenvalue weighted by atomic mass is 35.5. The van der Waals surface area contributed by atoms with Gasteiger partial charge in [-0.1, -0.05) is 11.6 Å². The van der Waals surface area contributed by atoms with Gasteiger partial charge in [0.1, 0.15) is 17.4 Å². The lowest BCUT2D eigenvalue weighted by Crippen LogP contribution is -2.31. The van der Waals surface area contributed by atoms with Crippen molar-refractivity contribution in [3.05, 3.63) is 58.6 Å². The molecule has 1 saturated carbocycles. The fourth-order valence-corrected chi connectivity index (χ4v) is 3.15. The Morgan fingerprint density at radius 3 is 2.48 bits per heavy atom. The third kappa shape index (κ3) is 4.20. The number of nitrogens with zero attached hydrogens (tertiary/aromatic N) is 1. The summed E-state index contributed by atoms with van der Waals surface area (Å²) in [7, 11) is 1.54. The van der Waals surface area contributed by atoms with E-state index in [0.717, 1.165) is 6.07 Å². The lowest BCUT2D eigenvalue weighted by atomic mass is 9.76. The Morgan fingerprint density at radius 1 is 1.20 bits per heavy atom. The Bertz CT molecular complexity index is 787. The number of anilines is 1. The zero-order chi connectivity index (χ0) is 18.0. The average molecular weight is 366 g/mol. The second-order valence-corrected chi connectivity index (χ2v) is 6.42. The first-order valence-electron chi connectivity index (χ1n) is 7.84. The van der Waals surface area contributed by atoms with Crippen LogP contribution in [0.5, 0.6) is 5.75 Å². The number of rotatable bonds is 4. The van der Waals surface area contributed by atoms with Crippen LogP contribution < -0.4 is 15.8 Å². The van der Waals surface area contributed by atoms with Crippen molar-refractivity contribution in [1.82, 2.24) is 0 Å². The highest BCUT2D eigenvalue weighted by Crippen LogP contribution is 2.39. The molecule has 3 rings (SSSR count). The zero-order valence-corrected chi connectivity index (χ0v) is 14.4. The van der Waals surface area contributed by atoms with Crippen LogP contribution in [0.3, 0.4) is 0 Å². The predicted molar refractivity (Wildman–Crippen MR) is 95.4 cm³/mol. The smallest absolute Gasteiger partial charge is 0.193 e. The monoisotopic (exact) mass is 365 g/mol. The van der Waals surface area contributed by atoms with Crippen molar-refractivity contribution in [3.8, 4) is 5.75 Å². The molecule has 25 heavy (non-hydrogen) atoms. The summed E-state index contributed by atoms with van der Waals surface area (Å²) in [6, 6.07) is 8.85. The van der Waals surface area contributed by atoms with Gasteiger partial charge in [-0.2, -0.15) is 0 Å². The van der Waals surface area contributed by atoms with Crippen LogP contribution in [0, 0.1) is 11.6 Å². The van der Waals surface area contributed by atoms with Crippen molar-refractivity contribution in [2.75, 3.05) is 12.4 Å². The summed E-state index contributed by atoms with van der Waals surface area (Å²) in [4.78, 5) is 4.39. The van der Waals surface area contributed by atoms with E-state index in [9.17, 15) is 8.78 Å². The average Bonchev–Trinajstić information content (AvgIpc) is 2.49. The van der Waals surface area contributed by atoms with Crippen LogP contribution in [-0.2, 0) is 0 Å². The SMILES string of the molecule is COc1ccc(NC(N)=NC2CC(c3cc(F)cc(F)c3)C2)cc1Cl. The van der Waals surface area contributed by atoms with Gasteiger partial charge >= 0.3 is 0 Å². The summed E-state index contributed by atoms with van der Waals surface area (Å²) in [6.07, 6.45) is 1.41. The third-order valence-corrected chi connectivity index (χ3v) is 4.51. The van der Waals surface area contributed by atoms with Crippen LogP contribution in [0.25, 0.3) is 0 Å². The molecule has 0 saturated heterocycles. The summed E-state index contributed by atoms with van der Waals surface area (Å²) < 4.78 is 31.6. The van der Waals surface area contributed by atoms with Gasteiger partial charge in [0, 0.05) is 11.8 Å². The summed E-state index contributed by atoms with van der Waals surface area (Å²) in [5.74, 6) is -0.164. The third-order valence-electron chi connectivity index (χ3n) is 4.22. The van der Waals surface area contributed by atoms with Crippen LogP contribution in [0.1, 0.15) is 24.3 Å². The number of benzene rings is 2. The Labute approximate surface area is 149 Å². The molecule has 132 valence electrons. The van der Waals surface area contributed by atoms with Gasteiger partial charge in [0.25, 0.3) is 0 Å². The molecule has 3 N–H and O–H groups in total. The first kappa shape index (κ1) is 17.5. The van der Waals surface area contributed by atoms with Crippen molar-refractivity contribution >= 4 is 23.2 Å². The van der Waals surface area contributed by atoms with Gasteiger partial charge in [0.15, 0.2) is 5.96 Å². The second-order valence-electron chi connectivity index (χ2n) is 6.01. The number of halogens is 3. The predicted octanol–water partition coefficient (Wildman–Crippen LogP) is 4.30. The first-order valence-corrected chi connectivity index (χ1v) is 8.22. The maximum atomic E-state index is 13.3. The fraction of sp³-hybridized carbons (Fsp3) is 0.278. The molecule has 0 aliphatic heterocycles. The van der Waals surface area contributed by atoms with Gasteiger partial charge < -0.3 is 15.8 Å². The molecule has 0 bridgehead atoms. The molecule has 2 aromatic carbocycles. The van der Waals surface area contributed by atoms with Crippen LogP contribution in [0.4, 0.5) is 14.5 Å². The van der Waals surface area contributed by atoms with E-state index < -0.39 is 11.6 Å². The lowest BCUT2D eigenvalue weighted by Gasteiger charge is -2.33. The molecule has 0 unspecified atom stereocenters. The number of hydrogen-bond acceptors (Lipinski definition) is 2. The number of nitrogens with one attached hydrogen (secondary N) is 1. The molecular weight excluding hydrogens is 348 g/mol. The van der Waals surface area contributed by atoms with E-state index in [1.807, 2.05) is 0 Å². The van der Waals surface area contributed by atoms with Gasteiger partial charge in [0.2, 0.25) is 0 Å². The maximum Gasteiger partial charge on any atom is 0.193 e. The van der Waals surface area contributed by atoms with Gasteiger partial charge in [-0.25, -0.2) is 13.8 Å². The number of ether oxygens (including phenoxy) is 1. The summed E-state index contributed by atoms with van der Waals surface area (Å²) in [5.41, 5.74) is 7.28. The van der Waals surface area contributed by atoms with Crippen LogP contribution in [0.15, 0.2) is 41.4 Å². The molecule has 0 radical (unpaired) electrons. The van der Waals surface area contributed by atoms with E-state index in [4.69, 9.17) is 22.1 Å². The number of methoxy groups -OCH3 is 1. The summed E-state index contributed by atoms with van der Waals surface area (Å²) in [5, 5.41) is 3.44. The Hall–Kier alpha value is -2.34. The molecule has 0 heterocycles. The first-order chi connectivity index (χ1) is 11.9. The van der Waals surface area contributed by atoms with Gasteiger partial charge in [-0.15, -0.1) is 0 Å². The van der Waals surface area contributed by atoms with E-state index in [1.165, 1.54) is 12.1 Å². The number of guanidine groups is 1. The largest absolute Gasteiger partial charge is 0.495 e. The molecule has 1 aliphatic carbocycles. The maximum absolute atomic E-state index is 13.3. The molecular formula is C18H18ClF2N3O. The van der Waals surface area contributed by atoms with E-state index >= 15 is 0 Å². The summed E-state index contributed by atoms with van der Waals surface area (Å²) >= 11 is 6.06. The molecule has 0 aromatic heterocycles. The van der Waals surface area contributed by atoms with Gasteiger partial charge in [0.05, 0.1) is 18.2 Å². The molecule has 7 heteroatoms. The Balaban J connectivity index is 1.58. The number of hydrogen-bond donors (Lipinski definition) is 2. The number of nitrogens with two attached hydrogens (primary N) is 1. The van der Waals surface area contributed by atoms with E-state index in [2.05, 4.69) is 10.3 Å². The molecule has 0 spiro atoms. The van der Waals surface area contributed by atoms with Crippen molar-refractivity contribution in [1.29, 1.82) is 0 Å². The van der Waals surface area contributed by atoms with Crippen molar-refractivity contribution in [2.24, 2.45) is 10.7 Å².